The van der Waals surface area contributed by atoms with E-state index in [1.807, 2.05) is 0 Å². The molecule has 0 heterocycles. The van der Waals surface area contributed by atoms with E-state index >= 15 is 0 Å². The highest BCUT2D eigenvalue weighted by Gasteiger charge is 2.18. The lowest BCUT2D eigenvalue weighted by Gasteiger charge is -2.10. The van der Waals surface area contributed by atoms with Gasteiger partial charge in [0.25, 0.3) is 0 Å². The minimum absolute atomic E-state index is 0.0718. The van der Waals surface area contributed by atoms with Crippen LogP contribution in [0.1, 0.15) is 20.8 Å². The Morgan fingerprint density at radius 1 is 1.18 bits per heavy atom. The van der Waals surface area contributed by atoms with Crippen LogP contribution in [-0.4, -0.2) is 49.1 Å². The van der Waals surface area contributed by atoms with E-state index in [0.29, 0.717) is 0 Å². The molecule has 0 saturated carbocycles. The number of hydrogen-bond donors (Lipinski definition) is 2. The van der Waals surface area contributed by atoms with E-state index < -0.39 is 18.0 Å². The average Bonchev–Trinajstić information content (AvgIpc) is 2.27. The summed E-state index contributed by atoms with van der Waals surface area (Å²) in [6.07, 6.45) is -0.977. The molecule has 0 aromatic rings. The van der Waals surface area contributed by atoms with E-state index in [1.165, 1.54) is 14.2 Å². The lowest BCUT2D eigenvalue weighted by Crippen LogP contribution is -2.26. The van der Waals surface area contributed by atoms with E-state index in [-0.39, 0.29) is 18.4 Å². The van der Waals surface area contributed by atoms with E-state index in [9.17, 15) is 9.59 Å². The highest BCUT2D eigenvalue weighted by Crippen LogP contribution is 2.01. The maximum absolute atomic E-state index is 10.5. The van der Waals surface area contributed by atoms with Crippen molar-refractivity contribution in [2.24, 2.45) is 11.8 Å². The van der Waals surface area contributed by atoms with Crippen LogP contribution in [0.4, 0.5) is 0 Å². The van der Waals surface area contributed by atoms with Gasteiger partial charge >= 0.3 is 11.9 Å². The molecule has 102 valence electrons. The Hall–Kier alpha value is -1.14. The van der Waals surface area contributed by atoms with Crippen LogP contribution in [-0.2, 0) is 19.1 Å². The van der Waals surface area contributed by atoms with Gasteiger partial charge in [-0.1, -0.05) is 13.8 Å². The third-order valence-electron chi connectivity index (χ3n) is 1.91. The molecule has 0 saturated heterocycles. The van der Waals surface area contributed by atoms with Crippen LogP contribution < -0.4 is 0 Å². The molecule has 0 aliphatic heterocycles. The van der Waals surface area contributed by atoms with Crippen molar-refractivity contribution in [1.29, 1.82) is 0 Å². The van der Waals surface area contributed by atoms with Crippen molar-refractivity contribution >= 4 is 11.9 Å². The Bertz CT molecular complexity index is 226. The monoisotopic (exact) mass is 250 g/mol. The predicted octanol–water partition coefficient (Wildman–Crippen LogP) is 0.530. The summed E-state index contributed by atoms with van der Waals surface area (Å²) in [5.74, 6) is -1.84. The molecule has 2 atom stereocenters. The van der Waals surface area contributed by atoms with Crippen molar-refractivity contribution in [2.45, 2.75) is 26.9 Å². The maximum Gasteiger partial charge on any atom is 0.334 e. The summed E-state index contributed by atoms with van der Waals surface area (Å²) in [4.78, 5) is 20.5. The molecule has 0 aromatic heterocycles. The van der Waals surface area contributed by atoms with Crippen molar-refractivity contribution in [2.75, 3.05) is 20.8 Å². The summed E-state index contributed by atoms with van der Waals surface area (Å²) >= 11 is 0. The Morgan fingerprint density at radius 3 is 1.76 bits per heavy atom. The van der Waals surface area contributed by atoms with Crippen LogP contribution >= 0.6 is 0 Å². The molecule has 0 rings (SSSR count). The summed E-state index contributed by atoms with van der Waals surface area (Å²) < 4.78 is 8.87. The van der Waals surface area contributed by atoms with Crippen LogP contribution in [0.25, 0.3) is 0 Å². The fourth-order valence-electron chi connectivity index (χ4n) is 0.714. The molecule has 6 nitrogen and oxygen atoms in total. The van der Waals surface area contributed by atoms with Gasteiger partial charge in [0.15, 0.2) is 6.10 Å². The molecule has 0 bridgehead atoms. The van der Waals surface area contributed by atoms with E-state index in [1.54, 1.807) is 20.8 Å². The number of esters is 1. The van der Waals surface area contributed by atoms with Gasteiger partial charge < -0.3 is 19.7 Å². The zero-order valence-electron chi connectivity index (χ0n) is 11.0. The number of rotatable bonds is 5. The highest BCUT2D eigenvalue weighted by molar-refractivity contribution is 5.74. The second kappa shape index (κ2) is 10.0. The molecule has 0 fully saturated rings. The Morgan fingerprint density at radius 2 is 1.65 bits per heavy atom. The fraction of sp³-hybridized carbons (Fsp3) is 0.818. The largest absolute Gasteiger partial charge is 0.481 e. The molecule has 0 radical (unpaired) electrons. The van der Waals surface area contributed by atoms with Gasteiger partial charge in [-0.05, 0) is 12.8 Å². The molecule has 0 amide bonds. The summed E-state index contributed by atoms with van der Waals surface area (Å²) in [5, 5.41) is 17.2. The van der Waals surface area contributed by atoms with Gasteiger partial charge in [-0.3, -0.25) is 4.79 Å². The second-order valence-corrected chi connectivity index (χ2v) is 3.91. The molecule has 0 spiro atoms. The van der Waals surface area contributed by atoms with Gasteiger partial charge in [0, 0.05) is 7.11 Å². The van der Waals surface area contributed by atoms with Crippen LogP contribution in [0.15, 0.2) is 0 Å². The highest BCUT2D eigenvalue weighted by atomic mass is 16.5. The van der Waals surface area contributed by atoms with E-state index in [2.05, 4.69) is 9.47 Å². The Balaban J connectivity index is 0. The summed E-state index contributed by atoms with van der Waals surface area (Å²) in [6, 6.07) is 0. The van der Waals surface area contributed by atoms with Gasteiger partial charge in [0.2, 0.25) is 0 Å². The lowest BCUT2D eigenvalue weighted by molar-refractivity contribution is -0.152. The summed E-state index contributed by atoms with van der Waals surface area (Å²) in [6.45, 7) is 5.39. The first-order chi connectivity index (χ1) is 7.77. The minimum Gasteiger partial charge on any atom is -0.481 e. The Kier molecular flexibility index (Phi) is 10.8. The number of carbonyl (C=O) groups excluding carboxylic acids is 1. The first kappa shape index (κ1) is 18.2. The lowest BCUT2D eigenvalue weighted by atomic mass is 10.1. The topological polar surface area (TPSA) is 93.1 Å². The summed E-state index contributed by atoms with van der Waals surface area (Å²) in [7, 11) is 2.74. The molecule has 0 aliphatic rings. The van der Waals surface area contributed by atoms with Gasteiger partial charge in [-0.2, -0.15) is 0 Å². The third-order valence-corrected chi connectivity index (χ3v) is 1.91. The molecule has 2 N–H and O–H groups in total. The van der Waals surface area contributed by atoms with E-state index in [4.69, 9.17) is 10.2 Å². The maximum atomic E-state index is 10.5. The molecule has 0 aromatic carbocycles. The van der Waals surface area contributed by atoms with Gasteiger partial charge in [-0.15, -0.1) is 0 Å². The number of aliphatic hydroxyl groups is 1. The zero-order valence-corrected chi connectivity index (χ0v) is 11.0. The van der Waals surface area contributed by atoms with Crippen LogP contribution in [0.5, 0.6) is 0 Å². The smallest absolute Gasteiger partial charge is 0.334 e. The number of ether oxygens (including phenoxy) is 2. The molecule has 17 heavy (non-hydrogen) atoms. The molecular weight excluding hydrogens is 228 g/mol. The van der Waals surface area contributed by atoms with Crippen molar-refractivity contribution in [3.63, 3.8) is 0 Å². The summed E-state index contributed by atoms with van der Waals surface area (Å²) in [5.41, 5.74) is 0. The van der Waals surface area contributed by atoms with Crippen LogP contribution in [0, 0.1) is 11.8 Å². The number of aliphatic carboxylic acids is 1. The second-order valence-electron chi connectivity index (χ2n) is 3.91. The molecule has 2 unspecified atom stereocenters. The van der Waals surface area contributed by atoms with Crippen LogP contribution in [0.3, 0.4) is 0 Å². The number of aliphatic hydroxyl groups excluding tert-OH is 1. The van der Waals surface area contributed by atoms with Gasteiger partial charge in [0.1, 0.15) is 0 Å². The predicted molar refractivity (Wildman–Crippen MR) is 61.5 cm³/mol. The number of carbonyl (C=O) groups is 2. The standard InChI is InChI=1S/C6H12O3.C5H10O3/c1-4(2)5(7)6(8)9-3;1-4(3-8-2)5(6)7/h4-5,7H,1-3H3;4H,3H2,1-2H3,(H,6,7). The SMILES string of the molecule is COC(=O)C(O)C(C)C.COCC(C)C(=O)O. The fourth-order valence-corrected chi connectivity index (χ4v) is 0.714. The van der Waals surface area contributed by atoms with Crippen molar-refractivity contribution in [3.05, 3.63) is 0 Å². The Labute approximate surface area is 102 Å². The number of carboxylic acid groups (broad SMARTS) is 1. The first-order valence-corrected chi connectivity index (χ1v) is 5.25. The average molecular weight is 250 g/mol. The molecule has 0 aliphatic carbocycles. The van der Waals surface area contributed by atoms with Crippen molar-refractivity contribution < 1.29 is 29.3 Å². The molecular formula is C11H22O6. The van der Waals surface area contributed by atoms with Crippen LogP contribution in [0.2, 0.25) is 0 Å². The zero-order chi connectivity index (χ0) is 14.0. The normalized spacial score (nSPS) is 13.4. The number of methoxy groups -OCH3 is 2. The first-order valence-electron chi connectivity index (χ1n) is 5.25. The van der Waals surface area contributed by atoms with Gasteiger partial charge in [-0.25, -0.2) is 4.79 Å². The number of hydrogen-bond acceptors (Lipinski definition) is 5. The van der Waals surface area contributed by atoms with Gasteiger partial charge in [0.05, 0.1) is 19.6 Å². The minimum atomic E-state index is -0.977. The quantitative estimate of drug-likeness (QED) is 0.691. The van der Waals surface area contributed by atoms with Crippen molar-refractivity contribution in [1.82, 2.24) is 0 Å². The number of carboxylic acids is 1. The molecule has 6 heteroatoms. The third kappa shape index (κ3) is 9.77. The van der Waals surface area contributed by atoms with Crippen molar-refractivity contribution in [3.8, 4) is 0 Å². The van der Waals surface area contributed by atoms with E-state index in [0.717, 1.165) is 0 Å².